The van der Waals surface area contributed by atoms with Crippen LogP contribution in [0.4, 0.5) is 5.82 Å². The maximum absolute atomic E-state index is 4.60. The number of aryl methyl sites for hydroxylation is 2. The summed E-state index contributed by atoms with van der Waals surface area (Å²) in [6.07, 6.45) is 3.81. The van der Waals surface area contributed by atoms with Crippen LogP contribution in [0.25, 0.3) is 11.4 Å². The lowest BCUT2D eigenvalue weighted by Crippen LogP contribution is -2.09. The van der Waals surface area contributed by atoms with Gasteiger partial charge in [-0.15, -0.1) is 0 Å². The van der Waals surface area contributed by atoms with Gasteiger partial charge in [-0.25, -0.2) is 9.97 Å². The highest BCUT2D eigenvalue weighted by Gasteiger charge is 2.12. The number of hydrogen-bond acceptors (Lipinski definition) is 4. The van der Waals surface area contributed by atoms with Crippen LogP contribution in [0, 0.1) is 6.92 Å². The zero-order chi connectivity index (χ0) is 15.5. The van der Waals surface area contributed by atoms with Gasteiger partial charge in [-0.3, -0.25) is 4.68 Å². The zero-order valence-corrected chi connectivity index (χ0v) is 13.0. The van der Waals surface area contributed by atoms with Gasteiger partial charge in [-0.1, -0.05) is 30.3 Å². The highest BCUT2D eigenvalue weighted by molar-refractivity contribution is 5.56. The molecule has 0 radical (unpaired) electrons. The topological polar surface area (TPSA) is 55.6 Å². The maximum atomic E-state index is 4.60. The summed E-state index contributed by atoms with van der Waals surface area (Å²) in [7, 11) is 1.93. The second-order valence-corrected chi connectivity index (χ2v) is 5.34. The van der Waals surface area contributed by atoms with Crippen molar-refractivity contribution in [2.75, 3.05) is 5.32 Å². The number of anilines is 1. The molecule has 0 bridgehead atoms. The summed E-state index contributed by atoms with van der Waals surface area (Å²) in [5, 5.41) is 7.80. The first-order valence-electron chi connectivity index (χ1n) is 7.28. The van der Waals surface area contributed by atoms with E-state index in [1.165, 1.54) is 5.56 Å². The molecule has 2 aromatic heterocycles. The van der Waals surface area contributed by atoms with E-state index in [2.05, 4.69) is 27.3 Å². The van der Waals surface area contributed by atoms with Gasteiger partial charge in [-0.05, 0) is 19.9 Å². The Balaban J connectivity index is 1.83. The molecule has 3 aromatic rings. The molecule has 0 aliphatic carbocycles. The minimum atomic E-state index is 0.132. The summed E-state index contributed by atoms with van der Waals surface area (Å²) >= 11 is 0. The quantitative estimate of drug-likeness (QED) is 0.801. The van der Waals surface area contributed by atoms with E-state index in [1.54, 1.807) is 6.20 Å². The van der Waals surface area contributed by atoms with Crippen LogP contribution in [0.2, 0.25) is 0 Å². The molecule has 5 heteroatoms. The number of hydrogen-bond donors (Lipinski definition) is 1. The molecular weight excluding hydrogens is 274 g/mol. The Morgan fingerprint density at radius 2 is 1.91 bits per heavy atom. The fourth-order valence-corrected chi connectivity index (χ4v) is 2.51. The van der Waals surface area contributed by atoms with Crippen LogP contribution in [0.15, 0.2) is 48.8 Å². The minimum absolute atomic E-state index is 0.132. The largest absolute Gasteiger partial charge is 0.363 e. The van der Waals surface area contributed by atoms with Gasteiger partial charge in [0.1, 0.15) is 5.82 Å². The molecule has 0 saturated heterocycles. The number of rotatable bonds is 4. The highest BCUT2D eigenvalue weighted by Crippen LogP contribution is 2.21. The molecule has 5 nitrogen and oxygen atoms in total. The van der Waals surface area contributed by atoms with Crippen molar-refractivity contribution < 1.29 is 0 Å². The van der Waals surface area contributed by atoms with E-state index in [0.717, 1.165) is 22.9 Å². The Labute approximate surface area is 130 Å². The van der Waals surface area contributed by atoms with Crippen LogP contribution in [-0.4, -0.2) is 19.7 Å². The Kier molecular flexibility index (Phi) is 3.87. The SMILES string of the molecule is Cc1nn(C)cc1[C@@H](C)Nc1ccnc(-c2ccccc2)n1. The maximum Gasteiger partial charge on any atom is 0.161 e. The lowest BCUT2D eigenvalue weighted by molar-refractivity contribution is 0.756. The van der Waals surface area contributed by atoms with Crippen molar-refractivity contribution in [2.45, 2.75) is 19.9 Å². The zero-order valence-electron chi connectivity index (χ0n) is 13.0. The average molecular weight is 293 g/mol. The van der Waals surface area contributed by atoms with E-state index < -0.39 is 0 Å². The fraction of sp³-hybridized carbons (Fsp3) is 0.235. The number of nitrogens with zero attached hydrogens (tertiary/aromatic N) is 4. The monoisotopic (exact) mass is 293 g/mol. The molecule has 0 saturated carbocycles. The average Bonchev–Trinajstić information content (AvgIpc) is 2.87. The number of nitrogens with one attached hydrogen (secondary N) is 1. The van der Waals surface area contributed by atoms with Gasteiger partial charge in [0.2, 0.25) is 0 Å². The van der Waals surface area contributed by atoms with Gasteiger partial charge >= 0.3 is 0 Å². The first-order valence-corrected chi connectivity index (χ1v) is 7.28. The lowest BCUT2D eigenvalue weighted by atomic mass is 10.1. The van der Waals surface area contributed by atoms with E-state index >= 15 is 0 Å². The predicted molar refractivity (Wildman–Crippen MR) is 87.5 cm³/mol. The standard InChI is InChI=1S/C17H19N5/c1-12(15-11-22(3)21-13(15)2)19-16-9-10-18-17(20-16)14-7-5-4-6-8-14/h4-12H,1-3H3,(H,18,19,20)/t12-/m1/s1. The summed E-state index contributed by atoms with van der Waals surface area (Å²) in [6, 6.07) is 12.0. The smallest absolute Gasteiger partial charge is 0.161 e. The molecule has 112 valence electrons. The Morgan fingerprint density at radius 3 is 2.59 bits per heavy atom. The normalized spacial score (nSPS) is 12.1. The van der Waals surface area contributed by atoms with Crippen molar-refractivity contribution in [3.05, 3.63) is 60.0 Å². The molecule has 2 heterocycles. The third-order valence-corrected chi connectivity index (χ3v) is 3.57. The van der Waals surface area contributed by atoms with Crippen molar-refractivity contribution >= 4 is 5.82 Å². The lowest BCUT2D eigenvalue weighted by Gasteiger charge is -2.14. The van der Waals surface area contributed by atoms with Gasteiger partial charge in [-0.2, -0.15) is 5.10 Å². The highest BCUT2D eigenvalue weighted by atomic mass is 15.3. The predicted octanol–water partition coefficient (Wildman–Crippen LogP) is 3.36. The van der Waals surface area contributed by atoms with E-state index in [4.69, 9.17) is 0 Å². The van der Waals surface area contributed by atoms with Crippen molar-refractivity contribution in [1.82, 2.24) is 19.7 Å². The number of aromatic nitrogens is 4. The summed E-state index contributed by atoms with van der Waals surface area (Å²) in [6.45, 7) is 4.12. The van der Waals surface area contributed by atoms with E-state index in [-0.39, 0.29) is 6.04 Å². The summed E-state index contributed by atoms with van der Waals surface area (Å²) in [4.78, 5) is 8.94. The molecule has 0 aliphatic rings. The fourth-order valence-electron chi connectivity index (χ4n) is 2.51. The third kappa shape index (κ3) is 2.98. The third-order valence-electron chi connectivity index (χ3n) is 3.57. The first kappa shape index (κ1) is 14.3. The molecular formula is C17H19N5. The van der Waals surface area contributed by atoms with Crippen LogP contribution in [0.3, 0.4) is 0 Å². The molecule has 0 spiro atoms. The molecule has 22 heavy (non-hydrogen) atoms. The second kappa shape index (κ2) is 5.97. The van der Waals surface area contributed by atoms with Crippen LogP contribution in [-0.2, 0) is 7.05 Å². The van der Waals surface area contributed by atoms with E-state index in [1.807, 2.05) is 61.2 Å². The van der Waals surface area contributed by atoms with Crippen molar-refractivity contribution in [2.24, 2.45) is 7.05 Å². The summed E-state index contributed by atoms with van der Waals surface area (Å²) in [5.41, 5.74) is 3.21. The summed E-state index contributed by atoms with van der Waals surface area (Å²) in [5.74, 6) is 1.53. The summed E-state index contributed by atoms with van der Waals surface area (Å²) < 4.78 is 1.83. The van der Waals surface area contributed by atoms with Gasteiger partial charge in [0.25, 0.3) is 0 Å². The van der Waals surface area contributed by atoms with Crippen LogP contribution in [0.5, 0.6) is 0 Å². The van der Waals surface area contributed by atoms with Crippen molar-refractivity contribution in [3.8, 4) is 11.4 Å². The molecule has 0 fully saturated rings. The molecule has 1 N–H and O–H groups in total. The van der Waals surface area contributed by atoms with E-state index in [0.29, 0.717) is 0 Å². The first-order chi connectivity index (χ1) is 10.6. The Bertz CT molecular complexity index is 764. The number of benzene rings is 1. The van der Waals surface area contributed by atoms with Crippen LogP contribution >= 0.6 is 0 Å². The molecule has 0 amide bonds. The Morgan fingerprint density at radius 1 is 1.14 bits per heavy atom. The van der Waals surface area contributed by atoms with Gasteiger partial charge in [0.05, 0.1) is 11.7 Å². The minimum Gasteiger partial charge on any atom is -0.363 e. The van der Waals surface area contributed by atoms with Crippen LogP contribution in [0.1, 0.15) is 24.2 Å². The van der Waals surface area contributed by atoms with Crippen LogP contribution < -0.4 is 5.32 Å². The second-order valence-electron chi connectivity index (χ2n) is 5.34. The molecule has 0 aliphatic heterocycles. The van der Waals surface area contributed by atoms with Gasteiger partial charge in [0, 0.05) is 30.6 Å². The molecule has 0 unspecified atom stereocenters. The van der Waals surface area contributed by atoms with Gasteiger partial charge < -0.3 is 5.32 Å². The molecule has 1 atom stereocenters. The van der Waals surface area contributed by atoms with E-state index in [9.17, 15) is 0 Å². The molecule has 1 aromatic carbocycles. The van der Waals surface area contributed by atoms with Gasteiger partial charge in [0.15, 0.2) is 5.82 Å². The Hall–Kier alpha value is -2.69. The van der Waals surface area contributed by atoms with Crippen molar-refractivity contribution in [3.63, 3.8) is 0 Å². The molecule has 3 rings (SSSR count). The van der Waals surface area contributed by atoms with Crippen molar-refractivity contribution in [1.29, 1.82) is 0 Å².